The zero-order valence-corrected chi connectivity index (χ0v) is 8.87. The van der Waals surface area contributed by atoms with E-state index in [9.17, 15) is 0 Å². The lowest BCUT2D eigenvalue weighted by atomic mass is 9.75. The quantitative estimate of drug-likeness (QED) is 0.683. The van der Waals surface area contributed by atoms with Gasteiger partial charge in [-0.2, -0.15) is 0 Å². The van der Waals surface area contributed by atoms with Crippen LogP contribution in [0.4, 0.5) is 0 Å². The van der Waals surface area contributed by atoms with Crippen molar-refractivity contribution >= 4 is 0 Å². The van der Waals surface area contributed by atoms with Crippen LogP contribution in [0.5, 0.6) is 0 Å². The summed E-state index contributed by atoms with van der Waals surface area (Å²) in [7, 11) is 0. The molecule has 0 saturated carbocycles. The van der Waals surface area contributed by atoms with Crippen molar-refractivity contribution in [3.8, 4) is 0 Å². The minimum atomic E-state index is -0.146. The second-order valence-corrected chi connectivity index (χ2v) is 4.11. The van der Waals surface area contributed by atoms with Crippen LogP contribution in [0.1, 0.15) is 25.7 Å². The smallest absolute Gasteiger partial charge is 0.0469 e. The van der Waals surface area contributed by atoms with Crippen molar-refractivity contribution in [1.82, 2.24) is 0 Å². The summed E-state index contributed by atoms with van der Waals surface area (Å²) in [6.45, 7) is 9.24. The summed E-state index contributed by atoms with van der Waals surface area (Å²) >= 11 is 0. The average molecular weight is 195 g/mol. The molecule has 2 nitrogen and oxygen atoms in total. The first-order chi connectivity index (χ1) is 6.73. The van der Waals surface area contributed by atoms with Crippen LogP contribution in [0.2, 0.25) is 0 Å². The van der Waals surface area contributed by atoms with Crippen LogP contribution in [0, 0.1) is 5.92 Å². The van der Waals surface area contributed by atoms with E-state index in [0.717, 1.165) is 38.9 Å². The van der Waals surface area contributed by atoms with Gasteiger partial charge in [0, 0.05) is 18.8 Å². The van der Waals surface area contributed by atoms with E-state index >= 15 is 0 Å². The summed E-state index contributed by atoms with van der Waals surface area (Å²) in [5.41, 5.74) is 6.25. The Morgan fingerprint density at radius 3 is 2.14 bits per heavy atom. The van der Waals surface area contributed by atoms with Crippen LogP contribution in [0.15, 0.2) is 25.3 Å². The molecule has 1 aliphatic heterocycles. The predicted octanol–water partition coefficient (Wildman–Crippen LogP) is 2.26. The van der Waals surface area contributed by atoms with E-state index < -0.39 is 0 Å². The summed E-state index contributed by atoms with van der Waals surface area (Å²) in [5.74, 6) is 0.548. The number of nitrogens with two attached hydrogens (primary N) is 1. The van der Waals surface area contributed by atoms with Gasteiger partial charge in [0.05, 0.1) is 0 Å². The standard InChI is InChI=1S/C12H21NO/c1-3-7-12(13,8-4-2)11-5-9-14-10-6-11/h3-4,11H,1-2,5-10,13H2. The minimum absolute atomic E-state index is 0.146. The van der Waals surface area contributed by atoms with E-state index in [1.54, 1.807) is 0 Å². The number of hydrogen-bond acceptors (Lipinski definition) is 2. The molecule has 0 radical (unpaired) electrons. The van der Waals surface area contributed by atoms with E-state index in [1.165, 1.54) is 0 Å². The lowest BCUT2D eigenvalue weighted by molar-refractivity contribution is 0.0391. The zero-order chi connectivity index (χ0) is 10.4. The second kappa shape index (κ2) is 5.32. The summed E-state index contributed by atoms with van der Waals surface area (Å²) in [4.78, 5) is 0. The van der Waals surface area contributed by atoms with Crippen molar-refractivity contribution in [1.29, 1.82) is 0 Å². The molecule has 0 atom stereocenters. The van der Waals surface area contributed by atoms with Crippen LogP contribution in [-0.4, -0.2) is 18.8 Å². The van der Waals surface area contributed by atoms with Crippen molar-refractivity contribution in [2.24, 2.45) is 11.7 Å². The summed E-state index contributed by atoms with van der Waals surface area (Å²) in [5, 5.41) is 0. The zero-order valence-electron chi connectivity index (χ0n) is 8.87. The van der Waals surface area contributed by atoms with Crippen LogP contribution in [0.3, 0.4) is 0 Å². The van der Waals surface area contributed by atoms with Crippen molar-refractivity contribution in [3.63, 3.8) is 0 Å². The van der Waals surface area contributed by atoms with Gasteiger partial charge in [-0.05, 0) is 31.6 Å². The fourth-order valence-corrected chi connectivity index (χ4v) is 2.23. The normalized spacial score (nSPS) is 19.2. The van der Waals surface area contributed by atoms with Crippen LogP contribution in [-0.2, 0) is 4.74 Å². The molecule has 2 N–H and O–H groups in total. The molecule has 1 rings (SSSR count). The van der Waals surface area contributed by atoms with Crippen LogP contribution in [0.25, 0.3) is 0 Å². The maximum absolute atomic E-state index is 6.40. The molecule has 0 amide bonds. The van der Waals surface area contributed by atoms with Gasteiger partial charge in [-0.3, -0.25) is 0 Å². The highest BCUT2D eigenvalue weighted by atomic mass is 16.5. The number of ether oxygens (including phenoxy) is 1. The molecule has 1 saturated heterocycles. The molecule has 0 spiro atoms. The first-order valence-electron chi connectivity index (χ1n) is 5.31. The third kappa shape index (κ3) is 2.69. The van der Waals surface area contributed by atoms with Gasteiger partial charge in [0.25, 0.3) is 0 Å². The molecule has 2 heteroatoms. The minimum Gasteiger partial charge on any atom is -0.381 e. The molecular formula is C12H21NO. The molecule has 0 unspecified atom stereocenters. The molecule has 1 heterocycles. The third-order valence-corrected chi connectivity index (χ3v) is 3.08. The molecule has 1 aliphatic rings. The first-order valence-corrected chi connectivity index (χ1v) is 5.31. The highest BCUT2D eigenvalue weighted by Gasteiger charge is 2.33. The third-order valence-electron chi connectivity index (χ3n) is 3.08. The van der Waals surface area contributed by atoms with Gasteiger partial charge in [0.1, 0.15) is 0 Å². The van der Waals surface area contributed by atoms with Gasteiger partial charge in [0.2, 0.25) is 0 Å². The summed E-state index contributed by atoms with van der Waals surface area (Å²) in [6, 6.07) is 0. The molecule has 0 aromatic rings. The maximum atomic E-state index is 6.40. The Kier molecular flexibility index (Phi) is 4.36. The van der Waals surface area contributed by atoms with E-state index in [4.69, 9.17) is 10.5 Å². The van der Waals surface area contributed by atoms with E-state index in [0.29, 0.717) is 5.92 Å². The van der Waals surface area contributed by atoms with Gasteiger partial charge in [-0.15, -0.1) is 13.2 Å². The Morgan fingerprint density at radius 2 is 1.71 bits per heavy atom. The lowest BCUT2D eigenvalue weighted by Crippen LogP contribution is -2.48. The Morgan fingerprint density at radius 1 is 1.21 bits per heavy atom. The SMILES string of the molecule is C=CCC(N)(CC=C)C1CCOCC1. The average Bonchev–Trinajstić information content (AvgIpc) is 2.20. The fraction of sp³-hybridized carbons (Fsp3) is 0.667. The Balaban J connectivity index is 2.62. The molecular weight excluding hydrogens is 174 g/mol. The van der Waals surface area contributed by atoms with Crippen molar-refractivity contribution < 1.29 is 4.74 Å². The Hall–Kier alpha value is -0.600. The Bertz CT molecular complexity index is 184. The highest BCUT2D eigenvalue weighted by Crippen LogP contribution is 2.31. The molecule has 80 valence electrons. The fourth-order valence-electron chi connectivity index (χ4n) is 2.23. The second-order valence-electron chi connectivity index (χ2n) is 4.11. The molecule has 0 aromatic heterocycles. The molecule has 1 fully saturated rings. The topological polar surface area (TPSA) is 35.2 Å². The summed E-state index contributed by atoms with van der Waals surface area (Å²) < 4.78 is 5.34. The molecule has 14 heavy (non-hydrogen) atoms. The van der Waals surface area contributed by atoms with E-state index in [1.807, 2.05) is 12.2 Å². The number of hydrogen-bond donors (Lipinski definition) is 1. The maximum Gasteiger partial charge on any atom is 0.0469 e. The molecule has 0 aromatic carbocycles. The van der Waals surface area contributed by atoms with Gasteiger partial charge in [-0.25, -0.2) is 0 Å². The molecule has 0 bridgehead atoms. The monoisotopic (exact) mass is 195 g/mol. The van der Waals surface area contributed by atoms with Gasteiger partial charge >= 0.3 is 0 Å². The lowest BCUT2D eigenvalue weighted by Gasteiger charge is -2.38. The van der Waals surface area contributed by atoms with Gasteiger partial charge < -0.3 is 10.5 Å². The summed E-state index contributed by atoms with van der Waals surface area (Å²) in [6.07, 6.45) is 7.70. The van der Waals surface area contributed by atoms with Crippen LogP contribution < -0.4 is 5.73 Å². The van der Waals surface area contributed by atoms with Gasteiger partial charge in [0.15, 0.2) is 0 Å². The largest absolute Gasteiger partial charge is 0.381 e. The van der Waals surface area contributed by atoms with Crippen molar-refractivity contribution in [3.05, 3.63) is 25.3 Å². The van der Waals surface area contributed by atoms with Crippen molar-refractivity contribution in [2.45, 2.75) is 31.2 Å². The predicted molar refractivity (Wildman–Crippen MR) is 60.1 cm³/mol. The van der Waals surface area contributed by atoms with Crippen LogP contribution >= 0.6 is 0 Å². The molecule has 0 aliphatic carbocycles. The number of rotatable bonds is 5. The van der Waals surface area contributed by atoms with Gasteiger partial charge in [-0.1, -0.05) is 12.2 Å². The Labute approximate surface area is 86.8 Å². The highest BCUT2D eigenvalue weighted by molar-refractivity contribution is 5.00. The van der Waals surface area contributed by atoms with Crippen molar-refractivity contribution in [2.75, 3.05) is 13.2 Å². The van der Waals surface area contributed by atoms with E-state index in [2.05, 4.69) is 13.2 Å². The van der Waals surface area contributed by atoms with E-state index in [-0.39, 0.29) is 5.54 Å². The first kappa shape index (κ1) is 11.5.